The van der Waals surface area contributed by atoms with Gasteiger partial charge in [-0.05, 0) is 29.3 Å². The third-order valence-corrected chi connectivity index (χ3v) is 3.87. The molecule has 5 nitrogen and oxygen atoms in total. The first kappa shape index (κ1) is 18.3. The van der Waals surface area contributed by atoms with Gasteiger partial charge < -0.3 is 18.6 Å². The van der Waals surface area contributed by atoms with Gasteiger partial charge in [0.2, 0.25) is 11.2 Å². The summed E-state index contributed by atoms with van der Waals surface area (Å²) in [5.74, 6) is 1.97. The molecule has 0 amide bonds. The first-order valence-electron chi connectivity index (χ1n) is 8.38. The zero-order valence-electron chi connectivity index (χ0n) is 15.2. The largest absolute Gasteiger partial charge is 0.497 e. The molecule has 2 aromatic carbocycles. The molecule has 0 N–H and O–H groups in total. The van der Waals surface area contributed by atoms with Gasteiger partial charge in [-0.2, -0.15) is 0 Å². The molecule has 0 atom stereocenters. The normalized spacial score (nSPS) is 10.7. The molecule has 0 radical (unpaired) electrons. The maximum Gasteiger partial charge on any atom is 0.227 e. The van der Waals surface area contributed by atoms with Crippen LogP contribution in [0.25, 0.3) is 12.2 Å². The molecule has 0 aliphatic carbocycles. The van der Waals surface area contributed by atoms with Gasteiger partial charge in [-0.15, -0.1) is 0 Å². The molecule has 1 aromatic heterocycles. The lowest BCUT2D eigenvalue weighted by atomic mass is 10.1. The first-order chi connectivity index (χ1) is 13.2. The summed E-state index contributed by atoms with van der Waals surface area (Å²) in [5, 5.41) is 0. The molecule has 0 saturated heterocycles. The predicted molar refractivity (Wildman–Crippen MR) is 104 cm³/mol. The van der Waals surface area contributed by atoms with Crippen LogP contribution in [-0.2, 0) is 6.61 Å². The Hall–Kier alpha value is -3.47. The average Bonchev–Trinajstić information content (AvgIpc) is 2.72. The van der Waals surface area contributed by atoms with Crippen LogP contribution in [0.15, 0.2) is 70.1 Å². The molecule has 3 aromatic rings. The number of benzene rings is 2. The van der Waals surface area contributed by atoms with Crippen molar-refractivity contribution in [1.82, 2.24) is 0 Å². The van der Waals surface area contributed by atoms with E-state index in [-0.39, 0.29) is 11.2 Å². The fraction of sp³-hybridized carbons (Fsp3) is 0.136. The van der Waals surface area contributed by atoms with Gasteiger partial charge in [-0.3, -0.25) is 4.79 Å². The second kappa shape index (κ2) is 8.76. The van der Waals surface area contributed by atoms with Crippen molar-refractivity contribution in [1.29, 1.82) is 0 Å². The van der Waals surface area contributed by atoms with Crippen molar-refractivity contribution in [3.05, 3.63) is 88.0 Å². The van der Waals surface area contributed by atoms with Gasteiger partial charge in [0.05, 0.1) is 14.2 Å². The predicted octanol–water partition coefficient (Wildman–Crippen LogP) is 4.41. The summed E-state index contributed by atoms with van der Waals surface area (Å²) in [4.78, 5) is 12.2. The summed E-state index contributed by atoms with van der Waals surface area (Å²) in [5.41, 5.74) is 1.60. The van der Waals surface area contributed by atoms with Crippen LogP contribution in [0.1, 0.15) is 16.9 Å². The Labute approximate surface area is 157 Å². The van der Waals surface area contributed by atoms with E-state index in [1.165, 1.54) is 12.3 Å². The highest BCUT2D eigenvalue weighted by atomic mass is 16.5. The van der Waals surface area contributed by atoms with Crippen LogP contribution < -0.4 is 19.6 Å². The molecule has 0 spiro atoms. The molecule has 0 saturated carbocycles. The lowest BCUT2D eigenvalue weighted by Crippen LogP contribution is -2.07. The van der Waals surface area contributed by atoms with Crippen LogP contribution in [0.5, 0.6) is 17.2 Å². The molecule has 3 rings (SSSR count). The Morgan fingerprint density at radius 2 is 1.63 bits per heavy atom. The van der Waals surface area contributed by atoms with Crippen molar-refractivity contribution in [3.8, 4) is 17.2 Å². The Morgan fingerprint density at radius 1 is 0.926 bits per heavy atom. The smallest absolute Gasteiger partial charge is 0.227 e. The van der Waals surface area contributed by atoms with Gasteiger partial charge in [0.25, 0.3) is 0 Å². The van der Waals surface area contributed by atoms with E-state index in [4.69, 9.17) is 18.6 Å². The van der Waals surface area contributed by atoms with Gasteiger partial charge in [-0.1, -0.05) is 36.4 Å². The van der Waals surface area contributed by atoms with Crippen LogP contribution in [0, 0.1) is 0 Å². The second-order valence-electron chi connectivity index (χ2n) is 5.76. The molecule has 1 heterocycles. The molecule has 0 unspecified atom stereocenters. The number of hydrogen-bond donors (Lipinski definition) is 0. The molecule has 138 valence electrons. The van der Waals surface area contributed by atoms with E-state index in [0.29, 0.717) is 23.9 Å². The van der Waals surface area contributed by atoms with E-state index in [0.717, 1.165) is 11.1 Å². The summed E-state index contributed by atoms with van der Waals surface area (Å²) < 4.78 is 21.5. The van der Waals surface area contributed by atoms with Crippen LogP contribution in [-0.4, -0.2) is 14.2 Å². The van der Waals surface area contributed by atoms with Crippen molar-refractivity contribution in [2.45, 2.75) is 6.61 Å². The number of ether oxygens (including phenoxy) is 3. The molecular weight excluding hydrogens is 344 g/mol. The number of methoxy groups -OCH3 is 2. The average molecular weight is 364 g/mol. The van der Waals surface area contributed by atoms with Crippen molar-refractivity contribution in [3.63, 3.8) is 0 Å². The fourth-order valence-electron chi connectivity index (χ4n) is 2.45. The van der Waals surface area contributed by atoms with E-state index >= 15 is 0 Å². The van der Waals surface area contributed by atoms with Crippen molar-refractivity contribution in [2.75, 3.05) is 14.2 Å². The Balaban J connectivity index is 1.72. The maximum absolute atomic E-state index is 12.2. The van der Waals surface area contributed by atoms with E-state index in [2.05, 4.69) is 0 Å². The minimum atomic E-state index is -0.236. The summed E-state index contributed by atoms with van der Waals surface area (Å²) in [7, 11) is 3.19. The minimum Gasteiger partial charge on any atom is -0.497 e. The van der Waals surface area contributed by atoms with Crippen molar-refractivity contribution in [2.24, 2.45) is 0 Å². The topological polar surface area (TPSA) is 57.9 Å². The van der Waals surface area contributed by atoms with E-state index in [1.807, 2.05) is 48.5 Å². The van der Waals surface area contributed by atoms with E-state index < -0.39 is 0 Å². The lowest BCUT2D eigenvalue weighted by molar-refractivity contribution is 0.291. The van der Waals surface area contributed by atoms with Gasteiger partial charge in [0.1, 0.15) is 30.1 Å². The van der Waals surface area contributed by atoms with Gasteiger partial charge in [0.15, 0.2) is 0 Å². The highest BCUT2D eigenvalue weighted by molar-refractivity contribution is 5.69. The first-order valence-corrected chi connectivity index (χ1v) is 8.38. The van der Waals surface area contributed by atoms with Crippen LogP contribution >= 0.6 is 0 Å². The van der Waals surface area contributed by atoms with E-state index in [9.17, 15) is 4.79 Å². The third kappa shape index (κ3) is 5.01. The molecule has 0 aliphatic rings. The molecule has 0 bridgehead atoms. The van der Waals surface area contributed by atoms with Crippen LogP contribution in [0.3, 0.4) is 0 Å². The minimum absolute atomic E-state index is 0.180. The van der Waals surface area contributed by atoms with E-state index in [1.54, 1.807) is 26.4 Å². The summed E-state index contributed by atoms with van der Waals surface area (Å²) in [6, 6.07) is 16.5. The lowest BCUT2D eigenvalue weighted by Gasteiger charge is -2.06. The van der Waals surface area contributed by atoms with Crippen molar-refractivity contribution < 1.29 is 18.6 Å². The molecule has 5 heteroatoms. The third-order valence-electron chi connectivity index (χ3n) is 3.87. The van der Waals surface area contributed by atoms with Crippen molar-refractivity contribution >= 4 is 12.2 Å². The number of rotatable bonds is 7. The summed E-state index contributed by atoms with van der Waals surface area (Å²) in [6.45, 7) is 0.310. The van der Waals surface area contributed by atoms with Crippen LogP contribution in [0.4, 0.5) is 0 Å². The Kier molecular flexibility index (Phi) is 5.94. The second-order valence-corrected chi connectivity index (χ2v) is 5.76. The highest BCUT2D eigenvalue weighted by Crippen LogP contribution is 2.24. The molecular formula is C22H20O5. The number of hydrogen-bond acceptors (Lipinski definition) is 5. The monoisotopic (exact) mass is 364 g/mol. The fourth-order valence-corrected chi connectivity index (χ4v) is 2.45. The Bertz CT molecular complexity index is 951. The van der Waals surface area contributed by atoms with Gasteiger partial charge >= 0.3 is 0 Å². The maximum atomic E-state index is 12.2. The Morgan fingerprint density at radius 3 is 2.26 bits per heavy atom. The standard InChI is InChI=1S/C22H20O5/c1-24-19-10-17(11-20(12-19)25-2)8-9-18-13-21(23)22(15-26-18)27-14-16-6-4-3-5-7-16/h3-13,15H,14H2,1-2H3. The summed E-state index contributed by atoms with van der Waals surface area (Å²) in [6.07, 6.45) is 4.85. The zero-order valence-corrected chi connectivity index (χ0v) is 15.2. The molecule has 27 heavy (non-hydrogen) atoms. The van der Waals surface area contributed by atoms with Gasteiger partial charge in [-0.25, -0.2) is 0 Å². The highest BCUT2D eigenvalue weighted by Gasteiger charge is 2.04. The van der Waals surface area contributed by atoms with Gasteiger partial charge in [0, 0.05) is 12.1 Å². The molecule has 0 fully saturated rings. The summed E-state index contributed by atoms with van der Waals surface area (Å²) >= 11 is 0. The zero-order chi connectivity index (χ0) is 19.1. The molecule has 0 aliphatic heterocycles. The quantitative estimate of drug-likeness (QED) is 0.622. The SMILES string of the molecule is COc1cc(C=Cc2cc(=O)c(OCc3ccccc3)co2)cc(OC)c1. The van der Waals surface area contributed by atoms with Crippen LogP contribution in [0.2, 0.25) is 0 Å².